The van der Waals surface area contributed by atoms with Gasteiger partial charge in [-0.2, -0.15) is 4.31 Å². The number of benzene rings is 1. The third-order valence-corrected chi connectivity index (χ3v) is 6.96. The van der Waals surface area contributed by atoms with Crippen LogP contribution in [0.5, 0.6) is 0 Å². The van der Waals surface area contributed by atoms with Crippen molar-refractivity contribution in [3.8, 4) is 5.82 Å². The van der Waals surface area contributed by atoms with Crippen molar-refractivity contribution < 1.29 is 13.2 Å². The van der Waals surface area contributed by atoms with Crippen LogP contribution in [0.25, 0.3) is 5.82 Å². The monoisotopic (exact) mass is 425 g/mol. The summed E-state index contributed by atoms with van der Waals surface area (Å²) >= 11 is 0. The molecule has 30 heavy (non-hydrogen) atoms. The van der Waals surface area contributed by atoms with Gasteiger partial charge >= 0.3 is 0 Å². The number of aryl methyl sites for hydroxylation is 1. The number of aromatic nitrogens is 3. The average Bonchev–Trinajstić information content (AvgIpc) is 3.46. The number of nitrogens with zero attached hydrogens (tertiary/aromatic N) is 4. The van der Waals surface area contributed by atoms with Gasteiger partial charge < -0.3 is 5.32 Å². The van der Waals surface area contributed by atoms with Gasteiger partial charge in [0.05, 0.1) is 0 Å². The summed E-state index contributed by atoms with van der Waals surface area (Å²) in [4.78, 5) is 20.9. The largest absolute Gasteiger partial charge is 0.347 e. The molecule has 1 N–H and O–H groups in total. The highest BCUT2D eigenvalue weighted by Crippen LogP contribution is 2.20. The predicted octanol–water partition coefficient (Wildman–Crippen LogP) is 2.29. The van der Waals surface area contributed by atoms with Crippen molar-refractivity contribution >= 4 is 15.9 Å². The number of sulfonamides is 1. The van der Waals surface area contributed by atoms with Gasteiger partial charge in [0, 0.05) is 32.0 Å². The van der Waals surface area contributed by atoms with E-state index in [1.54, 1.807) is 16.8 Å². The first-order valence-corrected chi connectivity index (χ1v) is 11.2. The maximum atomic E-state index is 12.6. The Kier molecular flexibility index (Phi) is 5.65. The molecule has 0 unspecified atom stereocenters. The molecule has 8 nitrogen and oxygen atoms in total. The van der Waals surface area contributed by atoms with E-state index in [1.165, 1.54) is 22.9 Å². The minimum Gasteiger partial charge on any atom is -0.347 e. The van der Waals surface area contributed by atoms with Crippen molar-refractivity contribution in [3.63, 3.8) is 0 Å². The zero-order valence-corrected chi connectivity index (χ0v) is 17.5. The van der Waals surface area contributed by atoms with Gasteiger partial charge in [-0.25, -0.2) is 18.4 Å². The molecule has 4 rings (SSSR count). The molecular weight excluding hydrogens is 402 g/mol. The SMILES string of the molecule is Cc1ccc(CNC(=O)c2cn(-c3ccc(S(=O)(=O)N4CCCC4)cn3)cn2)cc1. The van der Waals surface area contributed by atoms with Crippen LogP contribution in [0.4, 0.5) is 0 Å². The lowest BCUT2D eigenvalue weighted by atomic mass is 10.1. The van der Waals surface area contributed by atoms with Crippen molar-refractivity contribution in [1.82, 2.24) is 24.2 Å². The van der Waals surface area contributed by atoms with Crippen molar-refractivity contribution in [2.45, 2.75) is 31.2 Å². The molecule has 0 radical (unpaired) electrons. The molecule has 0 spiro atoms. The van der Waals surface area contributed by atoms with Gasteiger partial charge in [-0.15, -0.1) is 0 Å². The molecule has 1 fully saturated rings. The van der Waals surface area contributed by atoms with Crippen molar-refractivity contribution in [3.05, 3.63) is 71.9 Å². The zero-order chi connectivity index (χ0) is 21.1. The molecule has 1 amide bonds. The number of amides is 1. The second kappa shape index (κ2) is 8.37. The first kappa shape index (κ1) is 20.2. The summed E-state index contributed by atoms with van der Waals surface area (Å²) in [6, 6.07) is 11.1. The molecule has 1 aliphatic heterocycles. The van der Waals surface area contributed by atoms with E-state index in [1.807, 2.05) is 31.2 Å². The predicted molar refractivity (Wildman–Crippen MR) is 112 cm³/mol. The van der Waals surface area contributed by atoms with E-state index in [0.29, 0.717) is 25.5 Å². The summed E-state index contributed by atoms with van der Waals surface area (Å²) in [6.07, 6.45) is 6.17. The molecule has 0 saturated carbocycles. The highest BCUT2D eigenvalue weighted by Gasteiger charge is 2.27. The minimum absolute atomic E-state index is 0.171. The van der Waals surface area contributed by atoms with Crippen LogP contribution in [0, 0.1) is 6.92 Å². The number of pyridine rings is 1. The second-order valence-corrected chi connectivity index (χ2v) is 9.24. The number of carbonyl (C=O) groups excluding carboxylic acids is 1. The molecular formula is C21H23N5O3S. The summed E-state index contributed by atoms with van der Waals surface area (Å²) in [5.41, 5.74) is 2.43. The maximum Gasteiger partial charge on any atom is 0.271 e. The molecule has 0 atom stereocenters. The van der Waals surface area contributed by atoms with Crippen LogP contribution in [0.2, 0.25) is 0 Å². The first-order chi connectivity index (χ1) is 14.4. The van der Waals surface area contributed by atoms with Gasteiger partial charge in [-0.1, -0.05) is 29.8 Å². The maximum absolute atomic E-state index is 12.6. The Balaban J connectivity index is 1.43. The van der Waals surface area contributed by atoms with Crippen LogP contribution in [0.3, 0.4) is 0 Å². The van der Waals surface area contributed by atoms with E-state index < -0.39 is 10.0 Å². The highest BCUT2D eigenvalue weighted by molar-refractivity contribution is 7.89. The topological polar surface area (TPSA) is 97.2 Å². The van der Waals surface area contributed by atoms with Gasteiger partial charge in [0.15, 0.2) is 0 Å². The third-order valence-electron chi connectivity index (χ3n) is 5.08. The summed E-state index contributed by atoms with van der Waals surface area (Å²) in [5.74, 6) is 0.197. The quantitative estimate of drug-likeness (QED) is 0.654. The van der Waals surface area contributed by atoms with Gasteiger partial charge in [-0.3, -0.25) is 9.36 Å². The third kappa shape index (κ3) is 4.27. The van der Waals surface area contributed by atoms with Gasteiger partial charge in [0.2, 0.25) is 10.0 Å². The minimum atomic E-state index is -3.50. The van der Waals surface area contributed by atoms with Gasteiger partial charge in [-0.05, 0) is 37.5 Å². The number of carbonyl (C=O) groups is 1. The van der Waals surface area contributed by atoms with Crippen LogP contribution < -0.4 is 5.32 Å². The van der Waals surface area contributed by atoms with E-state index in [2.05, 4.69) is 15.3 Å². The van der Waals surface area contributed by atoms with E-state index in [-0.39, 0.29) is 16.5 Å². The normalized spacial score (nSPS) is 14.7. The van der Waals surface area contributed by atoms with E-state index in [9.17, 15) is 13.2 Å². The van der Waals surface area contributed by atoms with Gasteiger partial charge in [0.25, 0.3) is 5.91 Å². The number of hydrogen-bond acceptors (Lipinski definition) is 5. The Morgan fingerprint density at radius 3 is 2.47 bits per heavy atom. The van der Waals surface area contributed by atoms with E-state index >= 15 is 0 Å². The Labute approximate surface area is 175 Å². The first-order valence-electron chi connectivity index (χ1n) is 9.78. The van der Waals surface area contributed by atoms with E-state index in [4.69, 9.17) is 0 Å². The number of imidazole rings is 1. The Morgan fingerprint density at radius 1 is 1.07 bits per heavy atom. The van der Waals surface area contributed by atoms with E-state index in [0.717, 1.165) is 24.0 Å². The molecule has 0 aliphatic carbocycles. The number of hydrogen-bond donors (Lipinski definition) is 1. The number of rotatable bonds is 6. The molecule has 156 valence electrons. The smallest absolute Gasteiger partial charge is 0.271 e. The summed E-state index contributed by atoms with van der Waals surface area (Å²) in [5, 5.41) is 2.84. The molecule has 3 aromatic rings. The lowest BCUT2D eigenvalue weighted by molar-refractivity contribution is 0.0946. The fraction of sp³-hybridized carbons (Fsp3) is 0.286. The van der Waals surface area contributed by atoms with Crippen LogP contribution in [0.1, 0.15) is 34.5 Å². The van der Waals surface area contributed by atoms with Crippen LogP contribution in [-0.2, 0) is 16.6 Å². The van der Waals surface area contributed by atoms with Crippen LogP contribution >= 0.6 is 0 Å². The van der Waals surface area contributed by atoms with Crippen LogP contribution in [0.15, 0.2) is 60.0 Å². The summed E-state index contributed by atoms with van der Waals surface area (Å²) in [6.45, 7) is 3.52. The number of nitrogens with one attached hydrogen (secondary N) is 1. The Morgan fingerprint density at radius 2 is 1.80 bits per heavy atom. The molecule has 3 heterocycles. The highest BCUT2D eigenvalue weighted by atomic mass is 32.2. The zero-order valence-electron chi connectivity index (χ0n) is 16.7. The summed E-state index contributed by atoms with van der Waals surface area (Å²) in [7, 11) is -3.50. The lowest BCUT2D eigenvalue weighted by Gasteiger charge is -2.15. The molecule has 1 aromatic carbocycles. The fourth-order valence-electron chi connectivity index (χ4n) is 3.30. The molecule has 2 aromatic heterocycles. The summed E-state index contributed by atoms with van der Waals surface area (Å²) < 4.78 is 28.3. The van der Waals surface area contributed by atoms with Crippen molar-refractivity contribution in [1.29, 1.82) is 0 Å². The second-order valence-electron chi connectivity index (χ2n) is 7.30. The molecule has 1 aliphatic rings. The Hall–Kier alpha value is -3.04. The average molecular weight is 426 g/mol. The Bertz CT molecular complexity index is 1130. The molecule has 9 heteroatoms. The molecule has 0 bridgehead atoms. The van der Waals surface area contributed by atoms with Crippen molar-refractivity contribution in [2.24, 2.45) is 0 Å². The molecule has 1 saturated heterocycles. The van der Waals surface area contributed by atoms with Gasteiger partial charge in [0.1, 0.15) is 22.7 Å². The lowest BCUT2D eigenvalue weighted by Crippen LogP contribution is -2.27. The standard InChI is InChI=1S/C21H23N5O3S/c1-16-4-6-17(7-5-16)12-23-21(27)19-14-25(15-24-19)20-9-8-18(13-22-20)30(28,29)26-10-2-3-11-26/h4-9,13-15H,2-3,10-12H2,1H3,(H,23,27). The fourth-order valence-corrected chi connectivity index (χ4v) is 4.76. The van der Waals surface area contributed by atoms with Crippen molar-refractivity contribution in [2.75, 3.05) is 13.1 Å². The van der Waals surface area contributed by atoms with Crippen LogP contribution in [-0.4, -0.2) is 46.3 Å².